The van der Waals surface area contributed by atoms with E-state index in [-0.39, 0.29) is 18.6 Å². The van der Waals surface area contributed by atoms with E-state index in [0.717, 1.165) is 0 Å². The van der Waals surface area contributed by atoms with E-state index in [1.54, 1.807) is 25.1 Å². The zero-order valence-electron chi connectivity index (χ0n) is 7.93. The Bertz CT molecular complexity index is 303. The van der Waals surface area contributed by atoms with Crippen molar-refractivity contribution in [3.05, 3.63) is 30.2 Å². The Kier molecular flexibility index (Phi) is 3.94. The molecule has 4 nitrogen and oxygen atoms in total. The quantitative estimate of drug-likeness (QED) is 0.698. The van der Waals surface area contributed by atoms with Gasteiger partial charge in [0.25, 0.3) is 0 Å². The Labute approximate surface area is 82.2 Å². The van der Waals surface area contributed by atoms with Crippen molar-refractivity contribution in [1.29, 1.82) is 0 Å². The molecule has 0 aliphatic heterocycles. The fourth-order valence-corrected chi connectivity index (χ4v) is 0.881. The van der Waals surface area contributed by atoms with Crippen LogP contribution in [0.15, 0.2) is 28.9 Å². The van der Waals surface area contributed by atoms with Crippen LogP contribution < -0.4 is 5.32 Å². The molecule has 2 N–H and O–H groups in total. The van der Waals surface area contributed by atoms with Gasteiger partial charge in [-0.15, -0.1) is 0 Å². The molecule has 1 amide bonds. The number of rotatable bonds is 4. The van der Waals surface area contributed by atoms with Gasteiger partial charge in [-0.2, -0.15) is 0 Å². The zero-order chi connectivity index (χ0) is 10.4. The average Bonchev–Trinajstić information content (AvgIpc) is 2.67. The van der Waals surface area contributed by atoms with Gasteiger partial charge < -0.3 is 14.8 Å². The van der Waals surface area contributed by atoms with E-state index in [1.807, 2.05) is 0 Å². The fourth-order valence-electron chi connectivity index (χ4n) is 0.881. The van der Waals surface area contributed by atoms with Crippen LogP contribution in [0.2, 0.25) is 0 Å². The fraction of sp³-hybridized carbons (Fsp3) is 0.300. The second kappa shape index (κ2) is 5.24. The molecule has 4 heteroatoms. The summed E-state index contributed by atoms with van der Waals surface area (Å²) in [6.07, 6.45) is 4.47. The maximum atomic E-state index is 11.2. The summed E-state index contributed by atoms with van der Waals surface area (Å²) in [5.41, 5.74) is 0. The van der Waals surface area contributed by atoms with Gasteiger partial charge in [0, 0.05) is 12.1 Å². The Morgan fingerprint density at radius 1 is 1.79 bits per heavy atom. The van der Waals surface area contributed by atoms with Crippen molar-refractivity contribution in [2.75, 3.05) is 6.61 Å². The van der Waals surface area contributed by atoms with E-state index in [9.17, 15) is 4.79 Å². The minimum Gasteiger partial charge on any atom is -0.465 e. The monoisotopic (exact) mass is 195 g/mol. The van der Waals surface area contributed by atoms with Crippen LogP contribution in [0.1, 0.15) is 12.7 Å². The lowest BCUT2D eigenvalue weighted by atomic mass is 10.3. The molecule has 1 aromatic rings. The van der Waals surface area contributed by atoms with E-state index >= 15 is 0 Å². The third-order valence-corrected chi connectivity index (χ3v) is 1.60. The molecule has 76 valence electrons. The van der Waals surface area contributed by atoms with Crippen molar-refractivity contribution in [2.45, 2.75) is 13.0 Å². The van der Waals surface area contributed by atoms with Crippen LogP contribution in [0.4, 0.5) is 0 Å². The first kappa shape index (κ1) is 10.5. The highest BCUT2D eigenvalue weighted by atomic mass is 16.3. The minimum absolute atomic E-state index is 0.0691. The second-order valence-corrected chi connectivity index (χ2v) is 2.94. The van der Waals surface area contributed by atoms with Gasteiger partial charge in [0.05, 0.1) is 12.9 Å². The van der Waals surface area contributed by atoms with Gasteiger partial charge in [-0.3, -0.25) is 4.79 Å². The van der Waals surface area contributed by atoms with Crippen LogP contribution in [0.3, 0.4) is 0 Å². The van der Waals surface area contributed by atoms with Gasteiger partial charge in [-0.1, -0.05) is 0 Å². The topological polar surface area (TPSA) is 62.5 Å². The molecular weight excluding hydrogens is 182 g/mol. The lowest BCUT2D eigenvalue weighted by Gasteiger charge is -2.07. The van der Waals surface area contributed by atoms with E-state index in [0.29, 0.717) is 5.76 Å². The van der Waals surface area contributed by atoms with Crippen LogP contribution in [-0.4, -0.2) is 23.7 Å². The molecule has 0 fully saturated rings. The summed E-state index contributed by atoms with van der Waals surface area (Å²) < 4.78 is 5.00. The number of hydrogen-bond donors (Lipinski definition) is 2. The predicted octanol–water partition coefficient (Wildman–Crippen LogP) is 0.790. The van der Waals surface area contributed by atoms with Crippen molar-refractivity contribution >= 4 is 12.0 Å². The lowest BCUT2D eigenvalue weighted by Crippen LogP contribution is -2.33. The number of carbonyl (C=O) groups is 1. The molecule has 0 aliphatic carbocycles. The van der Waals surface area contributed by atoms with Crippen LogP contribution >= 0.6 is 0 Å². The Morgan fingerprint density at radius 2 is 2.57 bits per heavy atom. The third-order valence-electron chi connectivity index (χ3n) is 1.60. The minimum atomic E-state index is -0.247. The summed E-state index contributed by atoms with van der Waals surface area (Å²) in [5.74, 6) is 0.375. The molecule has 1 heterocycles. The lowest BCUT2D eigenvalue weighted by molar-refractivity contribution is -0.117. The zero-order valence-corrected chi connectivity index (χ0v) is 7.93. The van der Waals surface area contributed by atoms with Crippen molar-refractivity contribution in [3.63, 3.8) is 0 Å². The smallest absolute Gasteiger partial charge is 0.244 e. The molecule has 0 saturated heterocycles. The Morgan fingerprint density at radius 3 is 3.14 bits per heavy atom. The SMILES string of the molecule is C[C@@H](CO)NC(=O)C=Cc1ccco1. The van der Waals surface area contributed by atoms with Crippen LogP contribution in [-0.2, 0) is 4.79 Å². The highest BCUT2D eigenvalue weighted by molar-refractivity contribution is 5.91. The molecule has 14 heavy (non-hydrogen) atoms. The highest BCUT2D eigenvalue weighted by Crippen LogP contribution is 2.01. The van der Waals surface area contributed by atoms with Crippen molar-refractivity contribution in [2.24, 2.45) is 0 Å². The van der Waals surface area contributed by atoms with Crippen LogP contribution in [0, 0.1) is 0 Å². The standard InChI is InChI=1S/C10H13NO3/c1-8(7-12)11-10(13)5-4-9-3-2-6-14-9/h2-6,8,12H,7H2,1H3,(H,11,13)/t8-/m0/s1. The van der Waals surface area contributed by atoms with E-state index in [1.165, 1.54) is 12.3 Å². The summed E-state index contributed by atoms with van der Waals surface area (Å²) >= 11 is 0. The first-order valence-corrected chi connectivity index (χ1v) is 4.35. The summed E-state index contributed by atoms with van der Waals surface area (Å²) in [5, 5.41) is 11.3. The van der Waals surface area contributed by atoms with Gasteiger partial charge in [0.15, 0.2) is 0 Å². The largest absolute Gasteiger partial charge is 0.465 e. The summed E-state index contributed by atoms with van der Waals surface area (Å²) in [6.45, 7) is 1.65. The molecule has 0 saturated carbocycles. The molecule has 1 rings (SSSR count). The molecule has 1 atom stereocenters. The number of amides is 1. The van der Waals surface area contributed by atoms with Crippen molar-refractivity contribution in [1.82, 2.24) is 5.32 Å². The molecule has 0 radical (unpaired) electrons. The molecule has 0 aromatic carbocycles. The van der Waals surface area contributed by atoms with E-state index in [2.05, 4.69) is 5.32 Å². The van der Waals surface area contributed by atoms with Gasteiger partial charge in [0.2, 0.25) is 5.91 Å². The predicted molar refractivity (Wildman–Crippen MR) is 52.4 cm³/mol. The summed E-state index contributed by atoms with van der Waals surface area (Å²) in [7, 11) is 0. The summed E-state index contributed by atoms with van der Waals surface area (Å²) in [6, 6.07) is 3.26. The second-order valence-electron chi connectivity index (χ2n) is 2.94. The molecule has 0 bridgehead atoms. The number of hydrogen-bond acceptors (Lipinski definition) is 3. The van der Waals surface area contributed by atoms with E-state index < -0.39 is 0 Å². The van der Waals surface area contributed by atoms with Gasteiger partial charge in [0.1, 0.15) is 5.76 Å². The average molecular weight is 195 g/mol. The van der Waals surface area contributed by atoms with Crippen molar-refractivity contribution < 1.29 is 14.3 Å². The van der Waals surface area contributed by atoms with Gasteiger partial charge in [-0.05, 0) is 25.1 Å². The highest BCUT2D eigenvalue weighted by Gasteiger charge is 2.01. The maximum Gasteiger partial charge on any atom is 0.244 e. The van der Waals surface area contributed by atoms with E-state index in [4.69, 9.17) is 9.52 Å². The number of carbonyl (C=O) groups excluding carboxylic acids is 1. The summed E-state index contributed by atoms with van der Waals surface area (Å²) in [4.78, 5) is 11.2. The normalized spacial score (nSPS) is 13.0. The first-order valence-electron chi connectivity index (χ1n) is 4.35. The third kappa shape index (κ3) is 3.45. The molecule has 0 spiro atoms. The van der Waals surface area contributed by atoms with Crippen LogP contribution in [0.25, 0.3) is 6.08 Å². The van der Waals surface area contributed by atoms with Crippen LogP contribution in [0.5, 0.6) is 0 Å². The number of aliphatic hydroxyl groups excluding tert-OH is 1. The first-order chi connectivity index (χ1) is 6.72. The number of furan rings is 1. The molecule has 0 unspecified atom stereocenters. The Hall–Kier alpha value is -1.55. The number of aliphatic hydroxyl groups is 1. The molecule has 1 aromatic heterocycles. The Balaban J connectivity index is 2.41. The molecular formula is C10H13NO3. The number of nitrogens with one attached hydrogen (secondary N) is 1. The van der Waals surface area contributed by atoms with Gasteiger partial charge in [-0.25, -0.2) is 0 Å². The van der Waals surface area contributed by atoms with Gasteiger partial charge >= 0.3 is 0 Å². The molecule has 0 aliphatic rings. The maximum absolute atomic E-state index is 11.2. The van der Waals surface area contributed by atoms with Crippen molar-refractivity contribution in [3.8, 4) is 0 Å².